The van der Waals surface area contributed by atoms with Crippen molar-refractivity contribution < 1.29 is 4.74 Å². The third kappa shape index (κ3) is 4.02. The van der Waals surface area contributed by atoms with Gasteiger partial charge in [0.15, 0.2) is 0 Å². The second-order valence-electron chi connectivity index (χ2n) is 4.22. The van der Waals surface area contributed by atoms with Gasteiger partial charge in [0.1, 0.15) is 5.75 Å². The topological polar surface area (TPSA) is 38.5 Å². The van der Waals surface area contributed by atoms with Gasteiger partial charge >= 0.3 is 0 Å². The molecule has 0 atom stereocenters. The van der Waals surface area contributed by atoms with Gasteiger partial charge in [0.25, 0.3) is 0 Å². The summed E-state index contributed by atoms with van der Waals surface area (Å²) in [5.74, 6) is 0.884. The molecule has 0 aliphatic heterocycles. The Hall–Kier alpha value is -1.06. The molecule has 0 amide bonds. The summed E-state index contributed by atoms with van der Waals surface area (Å²) in [5, 5.41) is 0. The van der Waals surface area contributed by atoms with Crippen molar-refractivity contribution in [1.82, 2.24) is 4.90 Å². The van der Waals surface area contributed by atoms with Gasteiger partial charge in [0, 0.05) is 18.7 Å². The molecule has 0 bridgehead atoms. The molecule has 0 aliphatic rings. The van der Waals surface area contributed by atoms with Gasteiger partial charge in [-0.3, -0.25) is 4.90 Å². The van der Waals surface area contributed by atoms with Gasteiger partial charge in [-0.05, 0) is 37.2 Å². The van der Waals surface area contributed by atoms with Gasteiger partial charge in [-0.2, -0.15) is 0 Å². The maximum atomic E-state index is 5.72. The van der Waals surface area contributed by atoms with Gasteiger partial charge in [-0.1, -0.05) is 19.9 Å². The number of nitrogens with two attached hydrogens (primary N) is 1. The van der Waals surface area contributed by atoms with E-state index in [1.165, 1.54) is 12.0 Å². The standard InChI is InChI=1S/C14H24N2O/c1-4-8-16(5-2)11-12-6-7-14(17-3)13(9-12)10-15/h6-7,9H,4-5,8,10-11,15H2,1-3H3. The molecular weight excluding hydrogens is 212 g/mol. The van der Waals surface area contributed by atoms with Crippen LogP contribution in [0.15, 0.2) is 18.2 Å². The van der Waals surface area contributed by atoms with Crippen LogP contribution in [0.1, 0.15) is 31.4 Å². The molecule has 0 unspecified atom stereocenters. The second-order valence-corrected chi connectivity index (χ2v) is 4.22. The highest BCUT2D eigenvalue weighted by molar-refractivity contribution is 5.37. The van der Waals surface area contributed by atoms with E-state index in [9.17, 15) is 0 Å². The van der Waals surface area contributed by atoms with Crippen LogP contribution in [0.3, 0.4) is 0 Å². The average Bonchev–Trinajstić information content (AvgIpc) is 2.38. The molecule has 1 rings (SSSR count). The maximum Gasteiger partial charge on any atom is 0.123 e. The third-order valence-corrected chi connectivity index (χ3v) is 2.96. The molecule has 0 radical (unpaired) electrons. The number of benzene rings is 1. The van der Waals surface area contributed by atoms with Gasteiger partial charge in [-0.25, -0.2) is 0 Å². The molecule has 0 saturated heterocycles. The molecule has 1 aromatic rings. The summed E-state index contributed by atoms with van der Waals surface area (Å²) in [4.78, 5) is 2.43. The van der Waals surface area contributed by atoms with Crippen LogP contribution >= 0.6 is 0 Å². The Labute approximate surface area is 105 Å². The Morgan fingerprint density at radius 3 is 2.59 bits per heavy atom. The molecule has 0 saturated carbocycles. The van der Waals surface area contributed by atoms with E-state index in [1.807, 2.05) is 6.07 Å². The quantitative estimate of drug-likeness (QED) is 0.790. The Kier molecular flexibility index (Phi) is 6.01. The van der Waals surface area contributed by atoms with Crippen molar-refractivity contribution in [3.8, 4) is 5.75 Å². The molecule has 3 heteroatoms. The van der Waals surface area contributed by atoms with E-state index in [0.717, 1.165) is 30.9 Å². The zero-order valence-electron chi connectivity index (χ0n) is 11.2. The van der Waals surface area contributed by atoms with Crippen LogP contribution in [0, 0.1) is 0 Å². The molecule has 1 aromatic carbocycles. The first-order valence-corrected chi connectivity index (χ1v) is 6.33. The summed E-state index contributed by atoms with van der Waals surface area (Å²) in [7, 11) is 1.68. The van der Waals surface area contributed by atoms with Crippen molar-refractivity contribution in [2.24, 2.45) is 5.73 Å². The fourth-order valence-electron chi connectivity index (χ4n) is 2.01. The number of ether oxygens (including phenoxy) is 1. The minimum atomic E-state index is 0.525. The van der Waals surface area contributed by atoms with E-state index in [1.54, 1.807) is 7.11 Å². The predicted octanol–water partition coefficient (Wildman–Crippen LogP) is 2.39. The summed E-state index contributed by atoms with van der Waals surface area (Å²) < 4.78 is 5.28. The summed E-state index contributed by atoms with van der Waals surface area (Å²) in [6, 6.07) is 6.28. The predicted molar refractivity (Wildman–Crippen MR) is 72.1 cm³/mol. The molecular formula is C14H24N2O. The van der Waals surface area contributed by atoms with Crippen LogP contribution < -0.4 is 10.5 Å². The molecule has 17 heavy (non-hydrogen) atoms. The molecule has 96 valence electrons. The summed E-state index contributed by atoms with van der Waals surface area (Å²) in [6.45, 7) is 8.14. The highest BCUT2D eigenvalue weighted by Crippen LogP contribution is 2.20. The molecule has 0 spiro atoms. The lowest BCUT2D eigenvalue weighted by molar-refractivity contribution is 0.280. The Morgan fingerprint density at radius 2 is 2.06 bits per heavy atom. The Bertz CT molecular complexity index is 339. The molecule has 0 aromatic heterocycles. The Morgan fingerprint density at radius 1 is 1.29 bits per heavy atom. The first-order valence-electron chi connectivity index (χ1n) is 6.33. The number of nitrogens with zero attached hydrogens (tertiary/aromatic N) is 1. The average molecular weight is 236 g/mol. The van der Waals surface area contributed by atoms with Crippen molar-refractivity contribution >= 4 is 0 Å². The van der Waals surface area contributed by atoms with Crippen LogP contribution in [0.25, 0.3) is 0 Å². The van der Waals surface area contributed by atoms with E-state index in [2.05, 4.69) is 30.9 Å². The van der Waals surface area contributed by atoms with Crippen molar-refractivity contribution in [2.45, 2.75) is 33.4 Å². The van der Waals surface area contributed by atoms with E-state index in [0.29, 0.717) is 6.54 Å². The highest BCUT2D eigenvalue weighted by atomic mass is 16.5. The van der Waals surface area contributed by atoms with Crippen LogP contribution in [-0.2, 0) is 13.1 Å². The number of rotatable bonds is 7. The number of hydrogen-bond donors (Lipinski definition) is 1. The monoisotopic (exact) mass is 236 g/mol. The van der Waals surface area contributed by atoms with E-state index in [4.69, 9.17) is 10.5 Å². The molecule has 3 nitrogen and oxygen atoms in total. The van der Waals surface area contributed by atoms with Crippen molar-refractivity contribution in [3.63, 3.8) is 0 Å². The lowest BCUT2D eigenvalue weighted by Crippen LogP contribution is -2.23. The summed E-state index contributed by atoms with van der Waals surface area (Å²) in [5.41, 5.74) is 8.11. The fraction of sp³-hybridized carbons (Fsp3) is 0.571. The van der Waals surface area contributed by atoms with Gasteiger partial charge < -0.3 is 10.5 Å². The SMILES string of the molecule is CCCN(CC)Cc1ccc(OC)c(CN)c1. The molecule has 0 fully saturated rings. The molecule has 2 N–H and O–H groups in total. The zero-order chi connectivity index (χ0) is 12.7. The Balaban J connectivity index is 2.77. The van der Waals surface area contributed by atoms with Crippen LogP contribution in [0.4, 0.5) is 0 Å². The highest BCUT2D eigenvalue weighted by Gasteiger charge is 2.06. The number of methoxy groups -OCH3 is 1. The lowest BCUT2D eigenvalue weighted by Gasteiger charge is -2.20. The smallest absolute Gasteiger partial charge is 0.123 e. The van der Waals surface area contributed by atoms with Gasteiger partial charge in [-0.15, -0.1) is 0 Å². The number of hydrogen-bond acceptors (Lipinski definition) is 3. The minimum Gasteiger partial charge on any atom is -0.496 e. The van der Waals surface area contributed by atoms with Crippen molar-refractivity contribution in [1.29, 1.82) is 0 Å². The van der Waals surface area contributed by atoms with Crippen LogP contribution in [0.5, 0.6) is 5.75 Å². The normalized spacial score (nSPS) is 10.9. The minimum absolute atomic E-state index is 0.525. The molecule has 0 aliphatic carbocycles. The van der Waals surface area contributed by atoms with Gasteiger partial charge in [0.2, 0.25) is 0 Å². The summed E-state index contributed by atoms with van der Waals surface area (Å²) >= 11 is 0. The lowest BCUT2D eigenvalue weighted by atomic mass is 10.1. The van der Waals surface area contributed by atoms with E-state index < -0.39 is 0 Å². The third-order valence-electron chi connectivity index (χ3n) is 2.96. The van der Waals surface area contributed by atoms with E-state index >= 15 is 0 Å². The fourth-order valence-corrected chi connectivity index (χ4v) is 2.01. The first kappa shape index (κ1) is 14.0. The summed E-state index contributed by atoms with van der Waals surface area (Å²) in [6.07, 6.45) is 1.19. The van der Waals surface area contributed by atoms with Crippen molar-refractivity contribution in [2.75, 3.05) is 20.2 Å². The zero-order valence-corrected chi connectivity index (χ0v) is 11.2. The van der Waals surface area contributed by atoms with Gasteiger partial charge in [0.05, 0.1) is 7.11 Å². The van der Waals surface area contributed by atoms with Crippen LogP contribution in [0.2, 0.25) is 0 Å². The van der Waals surface area contributed by atoms with Crippen molar-refractivity contribution in [3.05, 3.63) is 29.3 Å². The largest absolute Gasteiger partial charge is 0.496 e. The second kappa shape index (κ2) is 7.30. The molecule has 0 heterocycles. The first-order chi connectivity index (χ1) is 8.24. The van der Waals surface area contributed by atoms with Crippen LogP contribution in [-0.4, -0.2) is 25.1 Å². The maximum absolute atomic E-state index is 5.72. The van der Waals surface area contributed by atoms with E-state index in [-0.39, 0.29) is 0 Å².